The van der Waals surface area contributed by atoms with E-state index >= 15 is 0 Å². The van der Waals surface area contributed by atoms with Gasteiger partial charge >= 0.3 is 0 Å². The smallest absolute Gasteiger partial charge is 0.244 e. The molecule has 0 spiro atoms. The number of halogens is 2. The number of hydrogen-bond acceptors (Lipinski definition) is 2. The number of benzene rings is 1. The maximum Gasteiger partial charge on any atom is 0.244 e. The fraction of sp³-hybridized carbons (Fsp3) is 0.462. The molecule has 1 amide bonds. The Hall–Kier alpha value is -1.49. The first kappa shape index (κ1) is 11.6. The molecule has 2 aliphatic rings. The second kappa shape index (κ2) is 4.31. The van der Waals surface area contributed by atoms with Crippen LogP contribution in [0, 0.1) is 11.6 Å². The molecule has 18 heavy (non-hydrogen) atoms. The molecular weight excluding hydrogens is 238 g/mol. The molecule has 96 valence electrons. The molecule has 5 heteroatoms. The highest BCUT2D eigenvalue weighted by Crippen LogP contribution is 2.29. The van der Waals surface area contributed by atoms with Gasteiger partial charge in [-0.15, -0.1) is 0 Å². The molecule has 1 aromatic rings. The summed E-state index contributed by atoms with van der Waals surface area (Å²) in [5.41, 5.74) is -0.220. The minimum absolute atomic E-state index is 0.220. The van der Waals surface area contributed by atoms with Crippen LogP contribution < -0.4 is 10.2 Å². The third kappa shape index (κ3) is 1.99. The Morgan fingerprint density at radius 2 is 1.83 bits per heavy atom. The number of amides is 1. The van der Waals surface area contributed by atoms with Gasteiger partial charge in [0.05, 0.1) is 6.04 Å². The zero-order chi connectivity index (χ0) is 12.7. The van der Waals surface area contributed by atoms with Crippen molar-refractivity contribution in [3.8, 4) is 0 Å². The molecule has 1 unspecified atom stereocenters. The number of nitrogens with zero attached hydrogens (tertiary/aromatic N) is 1. The first-order chi connectivity index (χ1) is 8.66. The molecular formula is C13H14F2N2O. The quantitative estimate of drug-likeness (QED) is 0.890. The topological polar surface area (TPSA) is 32.3 Å². The van der Waals surface area contributed by atoms with E-state index in [9.17, 15) is 13.6 Å². The standard InChI is InChI=1S/C13H14F2N2O/c14-9-2-1-3-10(15)12(9)17-7-6-11(13(17)18)16-8-4-5-8/h1-3,8,11,16H,4-7H2. The average molecular weight is 252 g/mol. The van der Waals surface area contributed by atoms with Crippen LogP contribution in [-0.4, -0.2) is 24.5 Å². The third-order valence-electron chi connectivity index (χ3n) is 3.43. The zero-order valence-electron chi connectivity index (χ0n) is 9.83. The second-order valence-electron chi connectivity index (χ2n) is 4.84. The lowest BCUT2D eigenvalue weighted by Gasteiger charge is -2.18. The first-order valence-corrected chi connectivity index (χ1v) is 6.18. The van der Waals surface area contributed by atoms with Crippen molar-refractivity contribution in [1.29, 1.82) is 0 Å². The Labute approximate surface area is 104 Å². The van der Waals surface area contributed by atoms with Crippen molar-refractivity contribution >= 4 is 11.6 Å². The van der Waals surface area contributed by atoms with Crippen LogP contribution in [-0.2, 0) is 4.79 Å². The van der Waals surface area contributed by atoms with E-state index in [4.69, 9.17) is 0 Å². The first-order valence-electron chi connectivity index (χ1n) is 6.18. The largest absolute Gasteiger partial charge is 0.306 e. The van der Waals surface area contributed by atoms with Gasteiger partial charge in [0, 0.05) is 12.6 Å². The molecule has 1 saturated heterocycles. The lowest BCUT2D eigenvalue weighted by atomic mass is 10.2. The summed E-state index contributed by atoms with van der Waals surface area (Å²) in [7, 11) is 0. The van der Waals surface area contributed by atoms with Crippen LogP contribution >= 0.6 is 0 Å². The van der Waals surface area contributed by atoms with Crippen molar-refractivity contribution in [2.75, 3.05) is 11.4 Å². The van der Waals surface area contributed by atoms with E-state index in [-0.39, 0.29) is 17.6 Å². The van der Waals surface area contributed by atoms with Crippen molar-refractivity contribution in [3.63, 3.8) is 0 Å². The molecule has 2 fully saturated rings. The van der Waals surface area contributed by atoms with E-state index in [0.717, 1.165) is 12.8 Å². The van der Waals surface area contributed by atoms with Crippen LogP contribution in [0.3, 0.4) is 0 Å². The lowest BCUT2D eigenvalue weighted by Crippen LogP contribution is -2.39. The van der Waals surface area contributed by atoms with Crippen molar-refractivity contribution in [3.05, 3.63) is 29.8 Å². The number of anilines is 1. The summed E-state index contributed by atoms with van der Waals surface area (Å²) in [4.78, 5) is 13.3. The fourth-order valence-electron chi connectivity index (χ4n) is 2.34. The Morgan fingerprint density at radius 1 is 1.17 bits per heavy atom. The number of nitrogens with one attached hydrogen (secondary N) is 1. The van der Waals surface area contributed by atoms with Gasteiger partial charge in [-0.25, -0.2) is 8.78 Å². The van der Waals surface area contributed by atoms with Crippen molar-refractivity contribution in [1.82, 2.24) is 5.32 Å². The average Bonchev–Trinajstić information content (AvgIpc) is 3.07. The van der Waals surface area contributed by atoms with Crippen LogP contribution in [0.1, 0.15) is 19.3 Å². The predicted octanol–water partition coefficient (Wildman–Crippen LogP) is 1.82. The molecule has 1 heterocycles. The van der Waals surface area contributed by atoms with Gasteiger partial charge in [-0.3, -0.25) is 4.79 Å². The van der Waals surface area contributed by atoms with Gasteiger partial charge in [-0.05, 0) is 31.4 Å². The fourth-order valence-corrected chi connectivity index (χ4v) is 2.34. The van der Waals surface area contributed by atoms with E-state index in [1.807, 2.05) is 0 Å². The summed E-state index contributed by atoms with van der Waals surface area (Å²) in [6.45, 7) is 0.362. The third-order valence-corrected chi connectivity index (χ3v) is 3.43. The van der Waals surface area contributed by atoms with Gasteiger partial charge in [0.2, 0.25) is 5.91 Å². The van der Waals surface area contributed by atoms with Crippen molar-refractivity contribution in [2.24, 2.45) is 0 Å². The van der Waals surface area contributed by atoms with Crippen molar-refractivity contribution in [2.45, 2.75) is 31.3 Å². The van der Waals surface area contributed by atoms with E-state index < -0.39 is 11.6 Å². The van der Waals surface area contributed by atoms with Gasteiger partial charge in [-0.2, -0.15) is 0 Å². The van der Waals surface area contributed by atoms with Gasteiger partial charge in [0.25, 0.3) is 0 Å². The van der Waals surface area contributed by atoms with Gasteiger partial charge in [0.15, 0.2) is 0 Å². The number of hydrogen-bond donors (Lipinski definition) is 1. The summed E-state index contributed by atoms with van der Waals surface area (Å²) in [5, 5.41) is 3.21. The van der Waals surface area contributed by atoms with E-state index in [0.29, 0.717) is 19.0 Å². The molecule has 3 rings (SSSR count). The molecule has 1 N–H and O–H groups in total. The zero-order valence-corrected chi connectivity index (χ0v) is 9.83. The van der Waals surface area contributed by atoms with Crippen molar-refractivity contribution < 1.29 is 13.6 Å². The molecule has 1 saturated carbocycles. The Morgan fingerprint density at radius 3 is 2.44 bits per heavy atom. The highest BCUT2D eigenvalue weighted by Gasteiger charge is 2.37. The van der Waals surface area contributed by atoms with Gasteiger partial charge in [-0.1, -0.05) is 6.07 Å². The van der Waals surface area contributed by atoms with Crippen LogP contribution in [0.5, 0.6) is 0 Å². The summed E-state index contributed by atoms with van der Waals surface area (Å²) in [6.07, 6.45) is 2.76. The summed E-state index contributed by atoms with van der Waals surface area (Å²) in [6, 6.07) is 3.76. The summed E-state index contributed by atoms with van der Waals surface area (Å²) in [5.74, 6) is -1.60. The Bertz CT molecular complexity index is 468. The monoisotopic (exact) mass is 252 g/mol. The summed E-state index contributed by atoms with van der Waals surface area (Å²) < 4.78 is 27.2. The Kier molecular flexibility index (Phi) is 2.78. The van der Waals surface area contributed by atoms with E-state index in [1.54, 1.807) is 0 Å². The highest BCUT2D eigenvalue weighted by molar-refractivity contribution is 5.99. The number of para-hydroxylation sites is 1. The molecule has 0 radical (unpaired) electrons. The summed E-state index contributed by atoms with van der Waals surface area (Å²) >= 11 is 0. The number of rotatable bonds is 3. The molecule has 3 nitrogen and oxygen atoms in total. The second-order valence-corrected chi connectivity index (χ2v) is 4.84. The van der Waals surface area contributed by atoms with Crippen LogP contribution in [0.25, 0.3) is 0 Å². The number of carbonyl (C=O) groups excluding carboxylic acids is 1. The maximum absolute atomic E-state index is 13.6. The van der Waals surface area contributed by atoms with Gasteiger partial charge in [0.1, 0.15) is 17.3 Å². The van der Waals surface area contributed by atoms with E-state index in [2.05, 4.69) is 5.32 Å². The van der Waals surface area contributed by atoms with Crippen LogP contribution in [0.4, 0.5) is 14.5 Å². The molecule has 1 atom stereocenters. The molecule has 0 aromatic heterocycles. The Balaban J connectivity index is 1.82. The predicted molar refractivity (Wildman–Crippen MR) is 63.3 cm³/mol. The van der Waals surface area contributed by atoms with E-state index in [1.165, 1.54) is 23.1 Å². The normalized spacial score (nSPS) is 23.8. The number of carbonyl (C=O) groups is 1. The minimum atomic E-state index is -0.685. The molecule has 1 aliphatic carbocycles. The molecule has 0 bridgehead atoms. The highest BCUT2D eigenvalue weighted by atomic mass is 19.1. The lowest BCUT2D eigenvalue weighted by molar-refractivity contribution is -0.118. The maximum atomic E-state index is 13.6. The minimum Gasteiger partial charge on any atom is -0.306 e. The molecule has 1 aromatic carbocycles. The van der Waals surface area contributed by atoms with Gasteiger partial charge < -0.3 is 10.2 Å². The SMILES string of the molecule is O=C1C(NC2CC2)CCN1c1c(F)cccc1F. The molecule has 1 aliphatic heterocycles. The van der Waals surface area contributed by atoms with Crippen LogP contribution in [0.2, 0.25) is 0 Å². The van der Waals surface area contributed by atoms with Crippen LogP contribution in [0.15, 0.2) is 18.2 Å².